The molecule has 4 N–H and O–H groups in total. The number of carboxylic acids is 1. The van der Waals surface area contributed by atoms with E-state index in [4.69, 9.17) is 4.74 Å². The quantitative estimate of drug-likeness (QED) is 0.206. The van der Waals surface area contributed by atoms with E-state index in [0.29, 0.717) is 31.2 Å². The number of aliphatic carboxylic acids is 1. The Kier molecular flexibility index (Phi) is 26.8. The summed E-state index contributed by atoms with van der Waals surface area (Å²) in [6, 6.07) is -3.01. The highest BCUT2D eigenvalue weighted by molar-refractivity contribution is 6.01. The number of ether oxygens (including phenoxy) is 1. The fourth-order valence-corrected chi connectivity index (χ4v) is 14.8. The molecule has 7 rings (SSSR count). The van der Waals surface area contributed by atoms with Crippen molar-refractivity contribution in [3.8, 4) is 0 Å². The fourth-order valence-electron chi connectivity index (χ4n) is 14.8. The molecule has 1 aromatic carbocycles. The van der Waals surface area contributed by atoms with Crippen molar-refractivity contribution in [1.82, 2.24) is 60.0 Å². The molecule has 3 saturated carbocycles. The van der Waals surface area contributed by atoms with E-state index in [1.165, 1.54) is 95.6 Å². The lowest BCUT2D eigenvalue weighted by molar-refractivity contribution is -0.158. The molecule has 6 aliphatic rings. The summed E-state index contributed by atoms with van der Waals surface area (Å²) < 4.78 is 5.99. The first-order chi connectivity index (χ1) is 45.9. The van der Waals surface area contributed by atoms with Crippen LogP contribution in [0.5, 0.6) is 0 Å². The Labute approximate surface area is 571 Å². The third-order valence-electron chi connectivity index (χ3n) is 21.1. The summed E-state index contributed by atoms with van der Waals surface area (Å²) in [5.74, 6) is -10.2. The Bertz CT molecular complexity index is 3090. The van der Waals surface area contributed by atoms with E-state index in [9.17, 15) is 29.1 Å². The summed E-state index contributed by atoms with van der Waals surface area (Å²) in [4.78, 5) is 203. The molecular formula is C70H106N12O15. The van der Waals surface area contributed by atoms with Crippen molar-refractivity contribution in [3.63, 3.8) is 0 Å². The molecular weight excluding hydrogens is 1250 g/mol. The number of carboxylic acid groups (broad SMARTS) is 1. The van der Waals surface area contributed by atoms with Crippen molar-refractivity contribution < 1.29 is 72.2 Å². The molecule has 27 heteroatoms. The zero-order valence-corrected chi connectivity index (χ0v) is 59.1. The van der Waals surface area contributed by atoms with E-state index < -0.39 is 181 Å². The Balaban J connectivity index is 1.30. The second-order valence-electron chi connectivity index (χ2n) is 28.2. The third kappa shape index (κ3) is 18.4. The van der Waals surface area contributed by atoms with Gasteiger partial charge in [-0.15, -0.1) is 0 Å². The lowest BCUT2D eigenvalue weighted by atomic mass is 9.74. The van der Waals surface area contributed by atoms with Gasteiger partial charge in [0, 0.05) is 95.3 Å². The van der Waals surface area contributed by atoms with Gasteiger partial charge in [0.2, 0.25) is 70.9 Å². The Morgan fingerprint density at radius 3 is 1.95 bits per heavy atom. The maximum absolute atomic E-state index is 15.5. The smallest absolute Gasteiger partial charge is 0.303 e. The normalized spacial score (nSPS) is 27.8. The summed E-state index contributed by atoms with van der Waals surface area (Å²) in [5, 5.41) is 18.5. The number of carbonyl (C=O) groups excluding carboxylic acids is 12. The first-order valence-corrected chi connectivity index (χ1v) is 34.8. The molecule has 2 unspecified atom stereocenters. The van der Waals surface area contributed by atoms with Gasteiger partial charge in [-0.2, -0.15) is 0 Å². The van der Waals surface area contributed by atoms with Gasteiger partial charge in [-0.05, 0) is 88.5 Å². The zero-order chi connectivity index (χ0) is 71.3. The summed E-state index contributed by atoms with van der Waals surface area (Å²) >= 11 is 0. The Hall–Kier alpha value is -7.97. The Morgan fingerprint density at radius 2 is 1.35 bits per heavy atom. The molecule has 0 aromatic heterocycles. The lowest BCUT2D eigenvalue weighted by Crippen LogP contribution is -2.68. The highest BCUT2D eigenvalue weighted by Crippen LogP contribution is 2.39. The molecule has 3 heterocycles. The highest BCUT2D eigenvalue weighted by Gasteiger charge is 2.54. The van der Waals surface area contributed by atoms with Crippen molar-refractivity contribution >= 4 is 76.9 Å². The molecule has 97 heavy (non-hydrogen) atoms. The molecule has 27 nitrogen and oxygen atoms in total. The maximum atomic E-state index is 15.5. The second kappa shape index (κ2) is 34.0. The van der Waals surface area contributed by atoms with Gasteiger partial charge in [0.15, 0.2) is 0 Å². The molecule has 0 radical (unpaired) electrons. The van der Waals surface area contributed by atoms with E-state index in [1.54, 1.807) is 26.0 Å². The molecule has 12 amide bonds. The number of nitrogens with zero attached hydrogens (tertiary/aromatic N) is 9. The molecule has 3 aliphatic carbocycles. The molecule has 5 fully saturated rings. The van der Waals surface area contributed by atoms with E-state index >= 15 is 38.4 Å². The highest BCUT2D eigenvalue weighted by atomic mass is 16.5. The van der Waals surface area contributed by atoms with E-state index in [-0.39, 0.29) is 64.1 Å². The minimum absolute atomic E-state index is 0.0188. The molecule has 1 spiro atoms. The zero-order valence-electron chi connectivity index (χ0n) is 59.1. The average Bonchev–Trinajstić information content (AvgIpc) is 1.37. The summed E-state index contributed by atoms with van der Waals surface area (Å²) in [6.07, 6.45) is 8.64. The number of rotatable bonds is 13. The minimum atomic E-state index is -1.56. The van der Waals surface area contributed by atoms with Crippen LogP contribution in [0.4, 0.5) is 0 Å². The first kappa shape index (κ1) is 76.4. The predicted octanol–water partition coefficient (Wildman–Crippen LogP) is 2.11. The van der Waals surface area contributed by atoms with Crippen LogP contribution in [0.25, 0.3) is 0 Å². The van der Waals surface area contributed by atoms with E-state index in [2.05, 4.69) is 16.0 Å². The first-order valence-electron chi connectivity index (χ1n) is 34.8. The SMILES string of the molecule is CCO[C@@H]1CC2C(=O)NC3(CCC3)C(=O)N(C)[C@@H](C3CCCC3)C(=O)N(C)[C@H](C(=O)N(C)C)CC(=O)N(C)[C@@H](CC3CCCC3)C(=O)N[C@@H]([C@@H](C)CC)C(=O)N(C)CC(=O)N(C)C3C=CCCN(C3=O)[C@@H](Cc3ccc(C)cc3)C(=O)N(C)CC(=O)N[C@@H](CCC(=O)O)C(=O)N2C1. The van der Waals surface area contributed by atoms with Gasteiger partial charge in [0.25, 0.3) is 0 Å². The van der Waals surface area contributed by atoms with Gasteiger partial charge >= 0.3 is 5.97 Å². The Morgan fingerprint density at radius 1 is 0.711 bits per heavy atom. The summed E-state index contributed by atoms with van der Waals surface area (Å²) in [5.41, 5.74) is 0.0366. The minimum Gasteiger partial charge on any atom is -0.481 e. The topological polar surface area (TPSA) is 317 Å². The van der Waals surface area contributed by atoms with Gasteiger partial charge in [0.1, 0.15) is 53.9 Å². The number of aryl methyl sites for hydroxylation is 1. The predicted molar refractivity (Wildman–Crippen MR) is 358 cm³/mol. The van der Waals surface area contributed by atoms with Gasteiger partial charge in [-0.25, -0.2) is 0 Å². The third-order valence-corrected chi connectivity index (χ3v) is 21.1. The van der Waals surface area contributed by atoms with Gasteiger partial charge < -0.3 is 69.9 Å². The van der Waals surface area contributed by atoms with E-state index in [1.807, 2.05) is 38.1 Å². The second-order valence-corrected chi connectivity index (χ2v) is 28.2. The van der Waals surface area contributed by atoms with Crippen molar-refractivity contribution in [2.24, 2.45) is 17.8 Å². The van der Waals surface area contributed by atoms with Crippen molar-refractivity contribution in [3.05, 3.63) is 47.5 Å². The van der Waals surface area contributed by atoms with Crippen LogP contribution in [0.3, 0.4) is 0 Å². The molecule has 3 aliphatic heterocycles. The fraction of sp³-hybridized carbons (Fsp3) is 0.700. The largest absolute Gasteiger partial charge is 0.481 e. The molecule has 10 atom stereocenters. The number of hydrogen-bond donors (Lipinski definition) is 4. The summed E-state index contributed by atoms with van der Waals surface area (Å²) in [6.45, 7) is 6.11. The van der Waals surface area contributed by atoms with Crippen molar-refractivity contribution in [1.29, 1.82) is 0 Å². The van der Waals surface area contributed by atoms with Crippen LogP contribution in [-0.4, -0.2) is 275 Å². The van der Waals surface area contributed by atoms with Crippen LogP contribution < -0.4 is 16.0 Å². The monoisotopic (exact) mass is 1350 g/mol. The number of nitrogens with one attached hydrogen (secondary N) is 3. The number of fused-ring (bicyclic) bond motifs is 3. The standard InChI is InChI=1S/C70H106N12O15/c1-13-44(4)59-67(94)76(8)42-57(85)77(9)50-26-19-20-35-81(66(50)93)54(37-46-29-27-43(3)28-30-46)65(92)75(7)41-55(83)71-49(31-32-58(86)87)63(90)82-40-48(97-14-2)38-52(82)62(89)73-70(33-21-34-70)69(96)80(12)60(47-24-17-18-25-47)68(95)79(11)53(64(91)74(5)6)39-56(84)78(10)51(61(88)72-59)36-45-22-15-16-23-45/h19,26-30,44-45,47-54,59-60H,13-18,20-25,31-42H2,1-12H3,(H,71,83)(H,72,88)(H,73,89)(H,86,87)/t44-,48+,49-,50?,51-,52?,53-,54-,59-,60-/m0/s1. The van der Waals surface area contributed by atoms with Crippen molar-refractivity contribution in [2.75, 3.05) is 89.2 Å². The van der Waals surface area contributed by atoms with E-state index in [0.717, 1.165) is 49.0 Å². The summed E-state index contributed by atoms with van der Waals surface area (Å²) in [7, 11) is 11.5. The van der Waals surface area contributed by atoms with Crippen LogP contribution in [0.15, 0.2) is 36.4 Å². The van der Waals surface area contributed by atoms with Gasteiger partial charge in [0.05, 0.1) is 25.6 Å². The molecule has 536 valence electrons. The number of carbonyl (C=O) groups is 13. The average molecular weight is 1360 g/mol. The maximum Gasteiger partial charge on any atom is 0.303 e. The van der Waals surface area contributed by atoms with Gasteiger partial charge in [-0.3, -0.25) is 62.3 Å². The van der Waals surface area contributed by atoms with Crippen LogP contribution in [0.1, 0.15) is 147 Å². The van der Waals surface area contributed by atoms with Crippen LogP contribution >= 0.6 is 0 Å². The molecule has 2 saturated heterocycles. The van der Waals surface area contributed by atoms with Gasteiger partial charge in [-0.1, -0.05) is 101 Å². The molecule has 1 aromatic rings. The number of hydrogen-bond acceptors (Lipinski definition) is 14. The number of benzene rings is 1. The van der Waals surface area contributed by atoms with Crippen LogP contribution in [-0.2, 0) is 73.5 Å². The van der Waals surface area contributed by atoms with Crippen molar-refractivity contribution in [2.45, 2.75) is 210 Å². The van der Waals surface area contributed by atoms with Crippen LogP contribution in [0, 0.1) is 24.7 Å². The number of likely N-dealkylation sites (N-methyl/N-ethyl adjacent to an activating group) is 7. The lowest BCUT2D eigenvalue weighted by Gasteiger charge is -2.46. The van der Waals surface area contributed by atoms with Crippen LogP contribution in [0.2, 0.25) is 0 Å². The number of amides is 12. The molecule has 2 bridgehead atoms.